The van der Waals surface area contributed by atoms with Crippen LogP contribution in [0.25, 0.3) is 0 Å². The van der Waals surface area contributed by atoms with Crippen LogP contribution in [-0.2, 0) is 35.2 Å². The molecule has 0 radical (unpaired) electrons. The highest BCUT2D eigenvalue weighted by Crippen LogP contribution is 2.12. The Kier molecular flexibility index (Phi) is 13.9. The standard InChI is InChI=1S/C24H37N7O8/c25-10-2-1-3-17(24(38)39)30-23(37)18(11-13-4-6-14(32)7-5-13)31-22(36)16(8-9-19(27)33)29-21(35)15(26)12-20(28)34/h4-7,15-18,32H,1-3,8-12,25-26H2,(H2,27,33)(H2,28,34)(H,29,35)(H,30,37)(H,31,36)(H,38,39). The number of nitrogens with one attached hydrogen (secondary N) is 3. The van der Waals surface area contributed by atoms with Crippen LogP contribution in [0.3, 0.4) is 0 Å². The van der Waals surface area contributed by atoms with Gasteiger partial charge in [-0.25, -0.2) is 4.79 Å². The van der Waals surface area contributed by atoms with Crippen molar-refractivity contribution in [1.82, 2.24) is 16.0 Å². The molecule has 0 fully saturated rings. The molecule has 0 aromatic heterocycles. The average Bonchev–Trinajstić information content (AvgIpc) is 2.85. The van der Waals surface area contributed by atoms with Crippen molar-refractivity contribution in [2.45, 2.75) is 69.1 Å². The molecular weight excluding hydrogens is 514 g/mol. The Hall–Kier alpha value is -4.24. The number of unbranched alkanes of at least 4 members (excludes halogenated alkanes) is 1. The second-order valence-corrected chi connectivity index (χ2v) is 8.96. The van der Waals surface area contributed by atoms with E-state index in [1.807, 2.05) is 0 Å². The van der Waals surface area contributed by atoms with E-state index in [1.165, 1.54) is 24.3 Å². The minimum absolute atomic E-state index is 0.0313. The van der Waals surface area contributed by atoms with Gasteiger partial charge in [-0.2, -0.15) is 0 Å². The molecule has 15 heteroatoms. The van der Waals surface area contributed by atoms with Crippen LogP contribution in [0.15, 0.2) is 24.3 Å². The van der Waals surface area contributed by atoms with Crippen LogP contribution in [0.5, 0.6) is 5.75 Å². The fourth-order valence-electron chi connectivity index (χ4n) is 3.52. The third kappa shape index (κ3) is 12.7. The van der Waals surface area contributed by atoms with Crippen LogP contribution >= 0.6 is 0 Å². The maximum absolute atomic E-state index is 13.2. The number of carboxylic acid groups (broad SMARTS) is 1. The summed E-state index contributed by atoms with van der Waals surface area (Å²) >= 11 is 0. The minimum atomic E-state index is -1.38. The van der Waals surface area contributed by atoms with Crippen molar-refractivity contribution in [3.05, 3.63) is 29.8 Å². The molecule has 15 nitrogen and oxygen atoms in total. The van der Waals surface area contributed by atoms with Crippen LogP contribution in [0.1, 0.15) is 44.1 Å². The molecule has 0 heterocycles. The number of benzene rings is 1. The predicted octanol–water partition coefficient (Wildman–Crippen LogP) is -2.93. The van der Waals surface area contributed by atoms with Gasteiger partial charge >= 0.3 is 5.97 Å². The van der Waals surface area contributed by atoms with E-state index in [4.69, 9.17) is 22.9 Å². The number of primary amides is 2. The van der Waals surface area contributed by atoms with E-state index in [9.17, 15) is 39.0 Å². The summed E-state index contributed by atoms with van der Waals surface area (Å²) in [7, 11) is 0. The van der Waals surface area contributed by atoms with Crippen LogP contribution in [0.4, 0.5) is 0 Å². The van der Waals surface area contributed by atoms with Gasteiger partial charge in [0.05, 0.1) is 12.5 Å². The molecular formula is C24H37N7O8. The molecule has 0 aliphatic carbocycles. The van der Waals surface area contributed by atoms with Gasteiger partial charge in [0.1, 0.15) is 23.9 Å². The maximum atomic E-state index is 13.2. The van der Waals surface area contributed by atoms with Gasteiger partial charge in [-0.05, 0) is 49.9 Å². The first-order chi connectivity index (χ1) is 18.3. The summed E-state index contributed by atoms with van der Waals surface area (Å²) in [6.45, 7) is 0.349. The lowest BCUT2D eigenvalue weighted by Crippen LogP contribution is -2.58. The number of phenols is 1. The first-order valence-corrected chi connectivity index (χ1v) is 12.3. The average molecular weight is 552 g/mol. The van der Waals surface area contributed by atoms with Gasteiger partial charge < -0.3 is 49.1 Å². The van der Waals surface area contributed by atoms with Crippen LogP contribution in [0, 0.1) is 0 Å². The van der Waals surface area contributed by atoms with Gasteiger partial charge in [0, 0.05) is 12.8 Å². The molecule has 0 saturated heterocycles. The topological polar surface area (TPSA) is 283 Å². The van der Waals surface area contributed by atoms with Crippen LogP contribution < -0.4 is 38.9 Å². The fourth-order valence-corrected chi connectivity index (χ4v) is 3.52. The summed E-state index contributed by atoms with van der Waals surface area (Å²) in [5, 5.41) is 26.3. The van der Waals surface area contributed by atoms with Crippen molar-refractivity contribution >= 4 is 35.5 Å². The molecule has 0 saturated carbocycles. The number of hydrogen-bond donors (Lipinski definition) is 9. The number of carboxylic acids is 1. The molecule has 0 aliphatic heterocycles. The molecule has 216 valence electrons. The molecule has 1 rings (SSSR count). The van der Waals surface area contributed by atoms with E-state index in [0.717, 1.165) is 0 Å². The third-order valence-corrected chi connectivity index (χ3v) is 5.64. The van der Waals surface area contributed by atoms with Gasteiger partial charge in [0.15, 0.2) is 0 Å². The summed E-state index contributed by atoms with van der Waals surface area (Å²) in [4.78, 5) is 72.8. The number of carbonyl (C=O) groups is 6. The molecule has 0 aliphatic rings. The van der Waals surface area contributed by atoms with Crippen molar-refractivity contribution in [1.29, 1.82) is 0 Å². The first kappa shape index (κ1) is 32.8. The molecule has 0 spiro atoms. The monoisotopic (exact) mass is 551 g/mol. The van der Waals surface area contributed by atoms with Gasteiger partial charge in [0.25, 0.3) is 0 Å². The maximum Gasteiger partial charge on any atom is 0.326 e. The number of carbonyl (C=O) groups excluding carboxylic acids is 5. The Balaban J connectivity index is 3.16. The van der Waals surface area contributed by atoms with E-state index < -0.39 is 66.1 Å². The lowest BCUT2D eigenvalue weighted by molar-refractivity contribution is -0.142. The highest BCUT2D eigenvalue weighted by atomic mass is 16.4. The molecule has 4 unspecified atom stereocenters. The van der Waals surface area contributed by atoms with E-state index in [2.05, 4.69) is 16.0 Å². The number of amides is 5. The second kappa shape index (κ2) is 16.6. The Labute approximate surface area is 225 Å². The zero-order valence-corrected chi connectivity index (χ0v) is 21.4. The van der Waals surface area contributed by atoms with Crippen molar-refractivity contribution in [2.24, 2.45) is 22.9 Å². The molecule has 1 aromatic rings. The van der Waals surface area contributed by atoms with Crippen molar-refractivity contribution in [3.8, 4) is 5.75 Å². The van der Waals surface area contributed by atoms with E-state index in [1.54, 1.807) is 0 Å². The molecule has 13 N–H and O–H groups in total. The Morgan fingerprint density at radius 2 is 1.33 bits per heavy atom. The van der Waals surface area contributed by atoms with Gasteiger partial charge in [-0.15, -0.1) is 0 Å². The van der Waals surface area contributed by atoms with E-state index in [-0.39, 0.29) is 31.4 Å². The van der Waals surface area contributed by atoms with Gasteiger partial charge in [-0.1, -0.05) is 12.1 Å². The van der Waals surface area contributed by atoms with Crippen molar-refractivity contribution in [3.63, 3.8) is 0 Å². The molecule has 0 bridgehead atoms. The number of nitrogens with two attached hydrogens (primary N) is 4. The molecule has 4 atom stereocenters. The predicted molar refractivity (Wildman–Crippen MR) is 138 cm³/mol. The van der Waals surface area contributed by atoms with E-state index >= 15 is 0 Å². The van der Waals surface area contributed by atoms with Crippen molar-refractivity contribution in [2.75, 3.05) is 6.54 Å². The number of aliphatic carboxylic acids is 1. The first-order valence-electron chi connectivity index (χ1n) is 12.3. The summed E-state index contributed by atoms with van der Waals surface area (Å²) in [5.74, 6) is -5.51. The fraction of sp³-hybridized carbons (Fsp3) is 0.500. The number of aromatic hydroxyl groups is 1. The van der Waals surface area contributed by atoms with Gasteiger partial charge in [0.2, 0.25) is 29.5 Å². The Morgan fingerprint density at radius 3 is 1.87 bits per heavy atom. The molecule has 1 aromatic carbocycles. The third-order valence-electron chi connectivity index (χ3n) is 5.64. The Morgan fingerprint density at radius 1 is 0.769 bits per heavy atom. The minimum Gasteiger partial charge on any atom is -0.508 e. The quantitative estimate of drug-likeness (QED) is 0.0837. The number of phenolic OH excluding ortho intramolecular Hbond substituents is 1. The largest absolute Gasteiger partial charge is 0.508 e. The van der Waals surface area contributed by atoms with Crippen LogP contribution in [0.2, 0.25) is 0 Å². The summed E-state index contributed by atoms with van der Waals surface area (Å²) in [6.07, 6.45) is -0.0660. The second-order valence-electron chi connectivity index (χ2n) is 8.96. The highest BCUT2D eigenvalue weighted by Gasteiger charge is 2.31. The summed E-state index contributed by atoms with van der Waals surface area (Å²) in [6, 6.07) is 0.446. The zero-order valence-electron chi connectivity index (χ0n) is 21.4. The normalized spacial score (nSPS) is 13.8. The SMILES string of the molecule is NCCCCC(NC(=O)C(Cc1ccc(O)cc1)NC(=O)C(CCC(N)=O)NC(=O)C(N)CC(N)=O)C(=O)O. The highest BCUT2D eigenvalue weighted by molar-refractivity contribution is 5.95. The lowest BCUT2D eigenvalue weighted by Gasteiger charge is -2.25. The summed E-state index contributed by atoms with van der Waals surface area (Å²) < 4.78 is 0. The van der Waals surface area contributed by atoms with Crippen molar-refractivity contribution < 1.29 is 39.0 Å². The smallest absolute Gasteiger partial charge is 0.326 e. The zero-order chi connectivity index (χ0) is 29.5. The summed E-state index contributed by atoms with van der Waals surface area (Å²) in [5.41, 5.74) is 21.8. The number of hydrogen-bond acceptors (Lipinski definition) is 9. The Bertz CT molecular complexity index is 1020. The van der Waals surface area contributed by atoms with Gasteiger partial charge in [-0.3, -0.25) is 24.0 Å². The molecule has 39 heavy (non-hydrogen) atoms. The van der Waals surface area contributed by atoms with Crippen LogP contribution in [-0.4, -0.2) is 76.4 Å². The molecule has 5 amide bonds. The number of rotatable bonds is 18. The van der Waals surface area contributed by atoms with E-state index in [0.29, 0.717) is 24.9 Å². The lowest BCUT2D eigenvalue weighted by atomic mass is 10.0.